The van der Waals surface area contributed by atoms with Gasteiger partial charge in [0.1, 0.15) is 18.0 Å². The van der Waals surface area contributed by atoms with Gasteiger partial charge in [-0.05, 0) is 77.4 Å². The van der Waals surface area contributed by atoms with Gasteiger partial charge in [-0.15, -0.1) is 0 Å². The van der Waals surface area contributed by atoms with Crippen LogP contribution in [0.15, 0.2) is 71.4 Å². The molecule has 3 heterocycles. The first-order valence-electron chi connectivity index (χ1n) is 12.9. The van der Waals surface area contributed by atoms with Crippen LogP contribution in [0, 0.1) is 11.4 Å². The monoisotopic (exact) mass is 584 g/mol. The number of hydrogen-bond acceptors (Lipinski definition) is 9. The molecule has 12 heteroatoms. The fourth-order valence-electron chi connectivity index (χ4n) is 3.71. The van der Waals surface area contributed by atoms with Crippen LogP contribution in [0.2, 0.25) is 0 Å². The van der Waals surface area contributed by atoms with E-state index >= 15 is 0 Å². The lowest BCUT2D eigenvalue weighted by molar-refractivity contribution is -0.00662. The Hall–Kier alpha value is -3.63. The predicted octanol–water partition coefficient (Wildman–Crippen LogP) is 7.25. The molecule has 4 rings (SSSR count). The molecule has 0 atom stereocenters. The van der Waals surface area contributed by atoms with Crippen LogP contribution < -0.4 is 10.2 Å². The standard InChI is InChI=1S/C29H34FN4O6P/c1-28(2,3)39-41(35,40-29(4,5)6)36-19-34-16-8-9-23(27(34)31)24-18-21(33-38-24)17-20-12-14-22(15-13-20)37-26-11-7-10-25(30)32-26/h7-16,18,31H,17,19H2,1-6H3. The highest BCUT2D eigenvalue weighted by molar-refractivity contribution is 7.48. The van der Waals surface area contributed by atoms with Crippen LogP contribution in [0.5, 0.6) is 11.6 Å². The summed E-state index contributed by atoms with van der Waals surface area (Å²) in [5, 5.41) is 12.9. The molecule has 0 radical (unpaired) electrons. The maximum Gasteiger partial charge on any atom is 0.477 e. The van der Waals surface area contributed by atoms with Gasteiger partial charge in [-0.3, -0.25) is 19.0 Å². The Balaban J connectivity index is 1.45. The number of rotatable bonds is 10. The molecule has 0 saturated heterocycles. The maximum absolute atomic E-state index is 13.4. The van der Waals surface area contributed by atoms with E-state index in [0.29, 0.717) is 29.2 Å². The van der Waals surface area contributed by atoms with Gasteiger partial charge < -0.3 is 13.8 Å². The molecule has 3 aromatic heterocycles. The molecular formula is C29H34FN4O6P. The highest BCUT2D eigenvalue weighted by atomic mass is 31.2. The number of benzene rings is 1. The van der Waals surface area contributed by atoms with Crippen LogP contribution in [0.25, 0.3) is 11.3 Å². The fraction of sp³-hybridized carbons (Fsp3) is 0.345. The molecule has 0 spiro atoms. The highest BCUT2D eigenvalue weighted by Gasteiger charge is 2.37. The molecule has 1 N–H and O–H groups in total. The van der Waals surface area contributed by atoms with Crippen LogP contribution >= 0.6 is 7.82 Å². The summed E-state index contributed by atoms with van der Waals surface area (Å²) >= 11 is 0. The van der Waals surface area contributed by atoms with Crippen molar-refractivity contribution in [2.24, 2.45) is 0 Å². The normalized spacial score (nSPS) is 12.5. The second kappa shape index (κ2) is 12.1. The van der Waals surface area contributed by atoms with Gasteiger partial charge in [0.25, 0.3) is 0 Å². The smallest absolute Gasteiger partial charge is 0.439 e. The van der Waals surface area contributed by atoms with E-state index in [2.05, 4.69) is 10.1 Å². The van der Waals surface area contributed by atoms with Crippen molar-refractivity contribution >= 4 is 7.82 Å². The van der Waals surface area contributed by atoms with Gasteiger partial charge in [-0.25, -0.2) is 4.57 Å². The minimum Gasteiger partial charge on any atom is -0.439 e. The van der Waals surface area contributed by atoms with E-state index in [1.165, 1.54) is 16.7 Å². The summed E-state index contributed by atoms with van der Waals surface area (Å²) in [7, 11) is -3.96. The number of aromatic nitrogens is 3. The van der Waals surface area contributed by atoms with Gasteiger partial charge in [0.15, 0.2) is 5.76 Å². The molecule has 1 aromatic carbocycles. The Labute approximate surface area is 238 Å². The molecule has 41 heavy (non-hydrogen) atoms. The van der Waals surface area contributed by atoms with Crippen molar-refractivity contribution in [2.45, 2.75) is 65.9 Å². The summed E-state index contributed by atoms with van der Waals surface area (Å²) < 4.78 is 56.3. The molecule has 0 fully saturated rings. The molecule has 0 aliphatic carbocycles. The molecule has 0 bridgehead atoms. The van der Waals surface area contributed by atoms with Gasteiger partial charge in [-0.2, -0.15) is 9.37 Å². The quantitative estimate of drug-likeness (QED) is 0.153. The lowest BCUT2D eigenvalue weighted by Gasteiger charge is -2.31. The summed E-state index contributed by atoms with van der Waals surface area (Å²) in [6.45, 7) is 10.3. The van der Waals surface area contributed by atoms with Gasteiger partial charge in [-0.1, -0.05) is 23.4 Å². The minimum absolute atomic E-state index is 0.0701. The first-order chi connectivity index (χ1) is 19.2. The average molecular weight is 585 g/mol. The molecule has 0 aliphatic rings. The Kier molecular flexibility index (Phi) is 8.94. The van der Waals surface area contributed by atoms with Crippen molar-refractivity contribution in [1.29, 1.82) is 5.41 Å². The summed E-state index contributed by atoms with van der Waals surface area (Å²) in [5.74, 6) is 0.476. The van der Waals surface area contributed by atoms with Crippen molar-refractivity contribution in [3.8, 4) is 23.0 Å². The van der Waals surface area contributed by atoms with Gasteiger partial charge in [0.2, 0.25) is 11.8 Å². The molecule has 0 saturated carbocycles. The van der Waals surface area contributed by atoms with Crippen molar-refractivity contribution < 1.29 is 31.8 Å². The van der Waals surface area contributed by atoms with E-state index in [1.54, 1.807) is 84.1 Å². The Morgan fingerprint density at radius 3 is 2.29 bits per heavy atom. The third kappa shape index (κ3) is 8.93. The molecule has 0 aliphatic heterocycles. The van der Waals surface area contributed by atoms with Crippen molar-refractivity contribution in [3.63, 3.8) is 0 Å². The minimum atomic E-state index is -3.96. The number of pyridine rings is 2. The highest BCUT2D eigenvalue weighted by Crippen LogP contribution is 2.55. The zero-order valence-corrected chi connectivity index (χ0v) is 24.8. The number of ether oxygens (including phenoxy) is 1. The number of hydrogen-bond donors (Lipinski definition) is 1. The summed E-state index contributed by atoms with van der Waals surface area (Å²) in [6.07, 6.45) is 2.10. The number of nitrogens with one attached hydrogen (secondary N) is 1. The van der Waals surface area contributed by atoms with Crippen molar-refractivity contribution in [1.82, 2.24) is 14.7 Å². The molecule has 0 amide bonds. The van der Waals surface area contributed by atoms with Gasteiger partial charge in [0.05, 0.1) is 22.5 Å². The van der Waals surface area contributed by atoms with Crippen molar-refractivity contribution in [3.05, 3.63) is 89.6 Å². The van der Waals surface area contributed by atoms with E-state index in [-0.39, 0.29) is 18.1 Å². The number of phosphoric ester groups is 1. The van der Waals surface area contributed by atoms with E-state index in [4.69, 9.17) is 28.2 Å². The largest absolute Gasteiger partial charge is 0.477 e. The van der Waals surface area contributed by atoms with E-state index < -0.39 is 25.0 Å². The number of nitrogens with zero attached hydrogens (tertiary/aromatic N) is 3. The second-order valence-corrected chi connectivity index (χ2v) is 12.8. The van der Waals surface area contributed by atoms with Crippen LogP contribution in [0.3, 0.4) is 0 Å². The first-order valence-corrected chi connectivity index (χ1v) is 14.4. The van der Waals surface area contributed by atoms with Crippen LogP contribution in [-0.2, 0) is 31.3 Å². The van der Waals surface area contributed by atoms with E-state index in [1.807, 2.05) is 12.1 Å². The lowest BCUT2D eigenvalue weighted by Crippen LogP contribution is -2.27. The molecule has 10 nitrogen and oxygen atoms in total. The summed E-state index contributed by atoms with van der Waals surface area (Å²) in [6, 6.07) is 16.8. The maximum atomic E-state index is 13.4. The summed E-state index contributed by atoms with van der Waals surface area (Å²) in [4.78, 5) is 3.69. The van der Waals surface area contributed by atoms with Gasteiger partial charge in [0, 0.05) is 24.8 Å². The average Bonchev–Trinajstić information content (AvgIpc) is 3.30. The third-order valence-electron chi connectivity index (χ3n) is 5.24. The lowest BCUT2D eigenvalue weighted by atomic mass is 10.1. The van der Waals surface area contributed by atoms with E-state index in [9.17, 15) is 8.96 Å². The molecule has 4 aromatic rings. The Bertz CT molecular complexity index is 1570. The molecule has 218 valence electrons. The second-order valence-electron chi connectivity index (χ2n) is 11.3. The summed E-state index contributed by atoms with van der Waals surface area (Å²) in [5.41, 5.74) is 0.595. The Morgan fingerprint density at radius 1 is 0.976 bits per heavy atom. The van der Waals surface area contributed by atoms with Crippen LogP contribution in [0.1, 0.15) is 52.8 Å². The molecule has 0 unspecified atom stereocenters. The third-order valence-corrected chi connectivity index (χ3v) is 7.22. The number of phosphoric acid groups is 1. The molecular weight excluding hydrogens is 550 g/mol. The zero-order chi connectivity index (χ0) is 29.8. The zero-order valence-electron chi connectivity index (χ0n) is 23.9. The van der Waals surface area contributed by atoms with Crippen LogP contribution in [-0.4, -0.2) is 25.9 Å². The predicted molar refractivity (Wildman–Crippen MR) is 150 cm³/mol. The fourth-order valence-corrected chi connectivity index (χ4v) is 5.46. The van der Waals surface area contributed by atoms with E-state index in [0.717, 1.165) is 5.56 Å². The topological polar surface area (TPSA) is 122 Å². The Morgan fingerprint density at radius 2 is 1.66 bits per heavy atom. The number of halogens is 1. The van der Waals surface area contributed by atoms with Crippen molar-refractivity contribution in [2.75, 3.05) is 0 Å². The first kappa shape index (κ1) is 30.3. The van der Waals surface area contributed by atoms with Crippen LogP contribution in [0.4, 0.5) is 4.39 Å². The SMILES string of the molecule is CC(C)(C)OP(=O)(OCn1cccc(-c2cc(Cc3ccc(Oc4cccc(F)n4)cc3)no2)c1=N)OC(C)(C)C. The van der Waals surface area contributed by atoms with Gasteiger partial charge >= 0.3 is 7.82 Å².